The number of hydrogen-bond acceptors (Lipinski definition) is 3. The smallest absolute Gasteiger partial charge is 0.227 e. The van der Waals surface area contributed by atoms with Crippen LogP contribution in [0.2, 0.25) is 0 Å². The van der Waals surface area contributed by atoms with Crippen LogP contribution in [0.25, 0.3) is 11.0 Å². The van der Waals surface area contributed by atoms with Crippen molar-refractivity contribution < 1.29 is 13.6 Å². The lowest BCUT2D eigenvalue weighted by Gasteiger charge is -2.32. The Hall–Kier alpha value is -3.74. The minimum absolute atomic E-state index is 0.0833. The van der Waals surface area contributed by atoms with Gasteiger partial charge in [-0.15, -0.1) is 0 Å². The van der Waals surface area contributed by atoms with Gasteiger partial charge in [0.25, 0.3) is 0 Å². The zero-order valence-electron chi connectivity index (χ0n) is 18.0. The molecular formula is C26H24F2N4O. The molecule has 4 aromatic rings. The number of fused-ring (bicyclic) bond motifs is 1. The van der Waals surface area contributed by atoms with E-state index >= 15 is 0 Å². The summed E-state index contributed by atoms with van der Waals surface area (Å²) >= 11 is 0. The van der Waals surface area contributed by atoms with E-state index < -0.39 is 0 Å². The molecular weight excluding hydrogens is 422 g/mol. The van der Waals surface area contributed by atoms with Crippen molar-refractivity contribution in [2.45, 2.75) is 19.4 Å². The molecule has 33 heavy (non-hydrogen) atoms. The molecule has 1 amide bonds. The molecule has 0 spiro atoms. The second-order valence-electron chi connectivity index (χ2n) is 8.37. The highest BCUT2D eigenvalue weighted by molar-refractivity contribution is 5.92. The van der Waals surface area contributed by atoms with Crippen LogP contribution in [0.3, 0.4) is 0 Å². The first-order chi connectivity index (χ1) is 16.1. The van der Waals surface area contributed by atoms with E-state index in [9.17, 15) is 13.6 Å². The third-order valence-corrected chi connectivity index (χ3v) is 6.13. The summed E-state index contributed by atoms with van der Waals surface area (Å²) in [5.74, 6) is -0.000230. The Morgan fingerprint density at radius 1 is 0.939 bits per heavy atom. The lowest BCUT2D eigenvalue weighted by Crippen LogP contribution is -2.39. The highest BCUT2D eigenvalue weighted by Crippen LogP contribution is 2.28. The van der Waals surface area contributed by atoms with Crippen LogP contribution >= 0.6 is 0 Å². The predicted octanol–water partition coefficient (Wildman–Crippen LogP) is 5.22. The lowest BCUT2D eigenvalue weighted by molar-refractivity contribution is -0.120. The van der Waals surface area contributed by atoms with Crippen LogP contribution in [-0.2, 0) is 11.3 Å². The Balaban J connectivity index is 1.33. The fourth-order valence-electron chi connectivity index (χ4n) is 4.38. The lowest BCUT2D eigenvalue weighted by atomic mass is 9.96. The highest BCUT2D eigenvalue weighted by Gasteiger charge is 2.28. The number of piperidine rings is 1. The second kappa shape index (κ2) is 9.02. The number of nitrogens with zero attached hydrogens (tertiary/aromatic N) is 3. The first-order valence-corrected chi connectivity index (χ1v) is 11.1. The molecule has 0 aliphatic carbocycles. The van der Waals surface area contributed by atoms with Gasteiger partial charge >= 0.3 is 0 Å². The fraction of sp³-hybridized carbons (Fsp3) is 0.231. The van der Waals surface area contributed by atoms with E-state index in [1.54, 1.807) is 24.3 Å². The molecule has 1 fully saturated rings. The van der Waals surface area contributed by atoms with Crippen molar-refractivity contribution in [3.8, 4) is 0 Å². The van der Waals surface area contributed by atoms with Crippen molar-refractivity contribution in [3.05, 3.63) is 90.0 Å². The summed E-state index contributed by atoms with van der Waals surface area (Å²) < 4.78 is 28.9. The van der Waals surface area contributed by atoms with Gasteiger partial charge in [0.2, 0.25) is 11.9 Å². The van der Waals surface area contributed by atoms with Gasteiger partial charge in [-0.05, 0) is 60.9 Å². The first-order valence-electron chi connectivity index (χ1n) is 11.1. The number of halogens is 2. The van der Waals surface area contributed by atoms with E-state index in [0.717, 1.165) is 22.5 Å². The van der Waals surface area contributed by atoms with Gasteiger partial charge in [0.1, 0.15) is 11.6 Å². The van der Waals surface area contributed by atoms with Gasteiger partial charge < -0.3 is 14.8 Å². The van der Waals surface area contributed by atoms with Crippen LogP contribution in [0.1, 0.15) is 18.4 Å². The van der Waals surface area contributed by atoms with E-state index in [1.165, 1.54) is 24.3 Å². The third kappa shape index (κ3) is 4.58. The second-order valence-corrected chi connectivity index (χ2v) is 8.37. The van der Waals surface area contributed by atoms with E-state index in [-0.39, 0.29) is 23.5 Å². The standard InChI is InChI=1S/C26H24F2N4O/c27-20-10-8-18(9-11-20)17-32-24-7-2-1-6-23(24)30-26(32)31-14-12-19(13-15-31)25(33)29-22-5-3-4-21(28)16-22/h1-11,16,19H,12-15,17H2,(H,29,33). The quantitative estimate of drug-likeness (QED) is 0.457. The summed E-state index contributed by atoms with van der Waals surface area (Å²) in [4.78, 5) is 19.8. The molecule has 0 unspecified atom stereocenters. The van der Waals surface area contributed by atoms with E-state index in [1.807, 2.05) is 24.3 Å². The largest absolute Gasteiger partial charge is 0.342 e. The number of carbonyl (C=O) groups is 1. The first kappa shape index (κ1) is 21.1. The van der Waals surface area contributed by atoms with Gasteiger partial charge in [-0.2, -0.15) is 0 Å². The molecule has 5 nitrogen and oxygen atoms in total. The van der Waals surface area contributed by atoms with Crippen molar-refractivity contribution in [1.29, 1.82) is 0 Å². The number of imidazole rings is 1. The molecule has 3 aromatic carbocycles. The Morgan fingerprint density at radius 3 is 2.45 bits per heavy atom. The number of aromatic nitrogens is 2. The van der Waals surface area contributed by atoms with E-state index in [0.29, 0.717) is 38.2 Å². The number of amides is 1. The molecule has 1 aliphatic heterocycles. The number of benzene rings is 3. The third-order valence-electron chi connectivity index (χ3n) is 6.13. The number of para-hydroxylation sites is 2. The number of anilines is 2. The molecule has 1 saturated heterocycles. The average Bonchev–Trinajstić information content (AvgIpc) is 3.19. The molecule has 2 heterocycles. The molecule has 1 aromatic heterocycles. The minimum atomic E-state index is -0.373. The fourth-order valence-corrected chi connectivity index (χ4v) is 4.38. The Kier molecular flexibility index (Phi) is 5.77. The highest BCUT2D eigenvalue weighted by atomic mass is 19.1. The number of carbonyl (C=O) groups excluding carboxylic acids is 1. The molecule has 0 saturated carbocycles. The molecule has 5 rings (SSSR count). The predicted molar refractivity (Wildman–Crippen MR) is 125 cm³/mol. The summed E-state index contributed by atoms with van der Waals surface area (Å²) in [7, 11) is 0. The van der Waals surface area contributed by atoms with Crippen molar-refractivity contribution in [3.63, 3.8) is 0 Å². The van der Waals surface area contributed by atoms with Gasteiger partial charge in [0, 0.05) is 24.7 Å². The van der Waals surface area contributed by atoms with Crippen molar-refractivity contribution in [2.24, 2.45) is 5.92 Å². The van der Waals surface area contributed by atoms with Crippen molar-refractivity contribution in [2.75, 3.05) is 23.3 Å². The number of nitrogens with one attached hydrogen (secondary N) is 1. The van der Waals surface area contributed by atoms with Crippen LogP contribution in [0, 0.1) is 17.6 Å². The summed E-state index contributed by atoms with van der Waals surface area (Å²) in [6.07, 6.45) is 1.36. The van der Waals surface area contributed by atoms with Crippen LogP contribution in [0.15, 0.2) is 72.8 Å². The molecule has 168 valence electrons. The van der Waals surface area contributed by atoms with Gasteiger partial charge in [0.15, 0.2) is 0 Å². The van der Waals surface area contributed by atoms with Gasteiger partial charge in [-0.25, -0.2) is 13.8 Å². The monoisotopic (exact) mass is 446 g/mol. The Morgan fingerprint density at radius 2 is 1.70 bits per heavy atom. The van der Waals surface area contributed by atoms with Crippen molar-refractivity contribution in [1.82, 2.24) is 9.55 Å². The molecule has 0 atom stereocenters. The molecule has 0 radical (unpaired) electrons. The zero-order valence-corrected chi connectivity index (χ0v) is 18.0. The maximum Gasteiger partial charge on any atom is 0.227 e. The molecule has 1 N–H and O–H groups in total. The SMILES string of the molecule is O=C(Nc1cccc(F)c1)C1CCN(c2nc3ccccc3n2Cc2ccc(F)cc2)CC1. The topological polar surface area (TPSA) is 50.2 Å². The van der Waals surface area contributed by atoms with Gasteiger partial charge in [-0.3, -0.25) is 4.79 Å². The number of hydrogen-bond donors (Lipinski definition) is 1. The Bertz CT molecular complexity index is 1280. The summed E-state index contributed by atoms with van der Waals surface area (Å²) in [6, 6.07) is 20.4. The van der Waals surface area contributed by atoms with Gasteiger partial charge in [-0.1, -0.05) is 30.3 Å². The Labute approximate surface area is 190 Å². The normalized spacial score (nSPS) is 14.5. The maximum atomic E-state index is 13.4. The van der Waals surface area contributed by atoms with E-state index in [2.05, 4.69) is 14.8 Å². The van der Waals surface area contributed by atoms with Crippen LogP contribution in [0.5, 0.6) is 0 Å². The average molecular weight is 447 g/mol. The van der Waals surface area contributed by atoms with Crippen LogP contribution < -0.4 is 10.2 Å². The summed E-state index contributed by atoms with van der Waals surface area (Å²) in [5, 5.41) is 2.83. The molecule has 0 bridgehead atoms. The zero-order chi connectivity index (χ0) is 22.8. The maximum absolute atomic E-state index is 13.4. The van der Waals surface area contributed by atoms with Gasteiger partial charge in [0.05, 0.1) is 17.6 Å². The number of rotatable bonds is 5. The van der Waals surface area contributed by atoms with E-state index in [4.69, 9.17) is 4.98 Å². The molecule has 7 heteroatoms. The molecule has 1 aliphatic rings. The minimum Gasteiger partial charge on any atom is -0.342 e. The summed E-state index contributed by atoms with van der Waals surface area (Å²) in [6.45, 7) is 1.96. The van der Waals surface area contributed by atoms with Crippen LogP contribution in [0.4, 0.5) is 20.4 Å². The summed E-state index contributed by atoms with van der Waals surface area (Å²) in [5.41, 5.74) is 3.39. The van der Waals surface area contributed by atoms with Crippen LogP contribution in [-0.4, -0.2) is 28.5 Å². The van der Waals surface area contributed by atoms with Crippen molar-refractivity contribution >= 4 is 28.6 Å².